The lowest BCUT2D eigenvalue weighted by Crippen LogP contribution is -2.15. The molecule has 1 fully saturated rings. The van der Waals surface area contributed by atoms with Crippen molar-refractivity contribution in [2.24, 2.45) is 0 Å². The predicted octanol–water partition coefficient (Wildman–Crippen LogP) is 4.93. The molecule has 110 valence electrons. The van der Waals surface area contributed by atoms with Crippen LogP contribution in [0.1, 0.15) is 42.9 Å². The number of H-pyrrole nitrogens is 1. The molecule has 0 aliphatic heterocycles. The first-order valence-corrected chi connectivity index (χ1v) is 8.71. The lowest BCUT2D eigenvalue weighted by Gasteiger charge is -2.12. The topological polar surface area (TPSA) is 45.8 Å². The van der Waals surface area contributed by atoms with Crippen LogP contribution < -0.4 is 5.56 Å². The maximum Gasteiger partial charge on any atom is 0.265 e. The van der Waals surface area contributed by atoms with E-state index in [1.165, 1.54) is 12.8 Å². The zero-order chi connectivity index (χ0) is 15.0. The molecule has 1 heterocycles. The van der Waals surface area contributed by atoms with Gasteiger partial charge in [-0.1, -0.05) is 40.9 Å². The summed E-state index contributed by atoms with van der Waals surface area (Å²) in [5.74, 6) is 1.04. The van der Waals surface area contributed by atoms with Crippen molar-refractivity contribution in [1.82, 2.24) is 9.97 Å². The van der Waals surface area contributed by atoms with Crippen molar-refractivity contribution in [2.45, 2.75) is 38.5 Å². The van der Waals surface area contributed by atoms with Crippen molar-refractivity contribution in [3.63, 3.8) is 0 Å². The van der Waals surface area contributed by atoms with Crippen LogP contribution in [0.25, 0.3) is 11.4 Å². The number of aromatic nitrogens is 2. The van der Waals surface area contributed by atoms with Gasteiger partial charge in [-0.15, -0.1) is 0 Å². The quantitative estimate of drug-likeness (QED) is 0.761. The van der Waals surface area contributed by atoms with Crippen LogP contribution in [0.4, 0.5) is 0 Å². The molecule has 0 unspecified atom stereocenters. The number of halogens is 2. The molecule has 0 amide bonds. The number of hydrogen-bond donors (Lipinski definition) is 1. The van der Waals surface area contributed by atoms with E-state index in [4.69, 9.17) is 4.98 Å². The molecular formula is C16H16Br2N2O. The maximum atomic E-state index is 12.2. The second kappa shape index (κ2) is 6.05. The van der Waals surface area contributed by atoms with Crippen LogP contribution in [0, 0.1) is 6.92 Å². The van der Waals surface area contributed by atoms with E-state index in [-0.39, 0.29) is 5.56 Å². The van der Waals surface area contributed by atoms with E-state index in [1.807, 2.05) is 25.1 Å². The van der Waals surface area contributed by atoms with Crippen molar-refractivity contribution < 1.29 is 0 Å². The van der Waals surface area contributed by atoms with E-state index >= 15 is 0 Å². The zero-order valence-corrected chi connectivity index (χ0v) is 14.9. The Balaban J connectivity index is 2.10. The van der Waals surface area contributed by atoms with Crippen molar-refractivity contribution in [1.29, 1.82) is 0 Å². The molecule has 1 N–H and O–H groups in total. The van der Waals surface area contributed by atoms with E-state index in [0.717, 1.165) is 34.1 Å². The van der Waals surface area contributed by atoms with Gasteiger partial charge in [0.05, 0.1) is 5.69 Å². The van der Waals surface area contributed by atoms with Crippen LogP contribution in [0.5, 0.6) is 0 Å². The highest BCUT2D eigenvalue weighted by Gasteiger charge is 2.23. The molecule has 21 heavy (non-hydrogen) atoms. The summed E-state index contributed by atoms with van der Waals surface area (Å²) in [4.78, 5) is 19.8. The van der Waals surface area contributed by atoms with Gasteiger partial charge in [0.2, 0.25) is 0 Å². The van der Waals surface area contributed by atoms with Gasteiger partial charge < -0.3 is 4.98 Å². The third-order valence-electron chi connectivity index (χ3n) is 4.08. The fraction of sp³-hybridized carbons (Fsp3) is 0.375. The SMILES string of the molecule is Cc1ccc(-c2nc(C3CCCC3)c(Br)c(=O)[nH]2)cc1Br. The van der Waals surface area contributed by atoms with Crippen molar-refractivity contribution in [3.8, 4) is 11.4 Å². The largest absolute Gasteiger partial charge is 0.306 e. The normalized spacial score (nSPS) is 15.6. The summed E-state index contributed by atoms with van der Waals surface area (Å²) in [6.45, 7) is 2.04. The van der Waals surface area contributed by atoms with E-state index in [1.54, 1.807) is 0 Å². The minimum Gasteiger partial charge on any atom is -0.306 e. The van der Waals surface area contributed by atoms with Crippen molar-refractivity contribution >= 4 is 31.9 Å². The van der Waals surface area contributed by atoms with Gasteiger partial charge in [-0.3, -0.25) is 4.79 Å². The van der Waals surface area contributed by atoms with E-state index in [2.05, 4.69) is 36.8 Å². The molecule has 1 aromatic heterocycles. The third kappa shape index (κ3) is 2.99. The van der Waals surface area contributed by atoms with Crippen LogP contribution in [0.15, 0.2) is 31.9 Å². The van der Waals surface area contributed by atoms with E-state index in [0.29, 0.717) is 16.2 Å². The van der Waals surface area contributed by atoms with Crippen LogP contribution in [0.3, 0.4) is 0 Å². The van der Waals surface area contributed by atoms with Gasteiger partial charge >= 0.3 is 0 Å². The van der Waals surface area contributed by atoms with E-state index in [9.17, 15) is 4.79 Å². The third-order valence-corrected chi connectivity index (χ3v) is 5.70. The smallest absolute Gasteiger partial charge is 0.265 e. The number of aromatic amines is 1. The molecule has 0 bridgehead atoms. The Bertz CT molecular complexity index is 734. The average Bonchev–Trinajstić information content (AvgIpc) is 2.98. The van der Waals surface area contributed by atoms with Crippen LogP contribution in [0.2, 0.25) is 0 Å². The summed E-state index contributed by atoms with van der Waals surface area (Å²) in [5.41, 5.74) is 2.90. The minimum atomic E-state index is -0.0985. The molecule has 1 aromatic carbocycles. The molecule has 1 saturated carbocycles. The molecule has 1 aliphatic rings. The molecule has 0 spiro atoms. The molecule has 1 aliphatic carbocycles. The Hall–Kier alpha value is -0.940. The number of hydrogen-bond acceptors (Lipinski definition) is 2. The van der Waals surface area contributed by atoms with Crippen molar-refractivity contribution in [2.75, 3.05) is 0 Å². The summed E-state index contributed by atoms with van der Waals surface area (Å²) >= 11 is 6.94. The Morgan fingerprint density at radius 3 is 2.62 bits per heavy atom. The molecule has 3 nitrogen and oxygen atoms in total. The molecule has 3 rings (SSSR count). The zero-order valence-electron chi connectivity index (χ0n) is 11.7. The maximum absolute atomic E-state index is 12.2. The Kier molecular flexibility index (Phi) is 4.31. The van der Waals surface area contributed by atoms with Gasteiger partial charge in [0.1, 0.15) is 10.3 Å². The van der Waals surface area contributed by atoms with Crippen LogP contribution in [-0.2, 0) is 0 Å². The fourth-order valence-corrected chi connectivity index (χ4v) is 3.71. The average molecular weight is 412 g/mol. The molecular weight excluding hydrogens is 396 g/mol. The fourth-order valence-electron chi connectivity index (χ4n) is 2.82. The monoisotopic (exact) mass is 410 g/mol. The van der Waals surface area contributed by atoms with Gasteiger partial charge in [0, 0.05) is 16.0 Å². The van der Waals surface area contributed by atoms with Crippen LogP contribution in [-0.4, -0.2) is 9.97 Å². The molecule has 0 saturated heterocycles. The number of rotatable bonds is 2. The Morgan fingerprint density at radius 2 is 1.95 bits per heavy atom. The van der Waals surface area contributed by atoms with Gasteiger partial charge in [-0.25, -0.2) is 4.98 Å². The highest BCUT2D eigenvalue weighted by Crippen LogP contribution is 2.36. The summed E-state index contributed by atoms with van der Waals surface area (Å²) in [7, 11) is 0. The Labute approximate surface area is 140 Å². The second-order valence-corrected chi connectivity index (χ2v) is 7.21. The predicted molar refractivity (Wildman–Crippen MR) is 91.6 cm³/mol. The first-order valence-electron chi connectivity index (χ1n) is 7.12. The highest BCUT2D eigenvalue weighted by molar-refractivity contribution is 9.10. The van der Waals surface area contributed by atoms with Gasteiger partial charge in [0.25, 0.3) is 5.56 Å². The number of nitrogens with zero attached hydrogens (tertiary/aromatic N) is 1. The van der Waals surface area contributed by atoms with Gasteiger partial charge in [0.15, 0.2) is 0 Å². The number of nitrogens with one attached hydrogen (secondary N) is 1. The van der Waals surface area contributed by atoms with Gasteiger partial charge in [-0.2, -0.15) is 0 Å². The summed E-state index contributed by atoms with van der Waals surface area (Å²) in [6, 6.07) is 6.02. The summed E-state index contributed by atoms with van der Waals surface area (Å²) in [5, 5.41) is 0. The lowest BCUT2D eigenvalue weighted by atomic mass is 10.0. The first-order chi connectivity index (χ1) is 10.1. The highest BCUT2D eigenvalue weighted by atomic mass is 79.9. The van der Waals surface area contributed by atoms with Crippen molar-refractivity contribution in [3.05, 3.63) is 48.8 Å². The number of benzene rings is 1. The number of aryl methyl sites for hydroxylation is 1. The standard InChI is InChI=1S/C16H16Br2N2O/c1-9-6-7-11(8-12(9)17)15-19-14(10-4-2-3-5-10)13(18)16(21)20-15/h6-8,10H,2-5H2,1H3,(H,19,20,21). The van der Waals surface area contributed by atoms with Crippen LogP contribution >= 0.6 is 31.9 Å². The minimum absolute atomic E-state index is 0.0985. The summed E-state index contributed by atoms with van der Waals surface area (Å²) < 4.78 is 1.61. The van der Waals surface area contributed by atoms with Gasteiger partial charge in [-0.05, 0) is 47.3 Å². The molecule has 5 heteroatoms. The molecule has 0 radical (unpaired) electrons. The molecule has 2 aromatic rings. The summed E-state index contributed by atoms with van der Waals surface area (Å²) in [6.07, 6.45) is 4.67. The molecule has 0 atom stereocenters. The first kappa shape index (κ1) is 15.0. The lowest BCUT2D eigenvalue weighted by molar-refractivity contribution is 0.688. The van der Waals surface area contributed by atoms with E-state index < -0.39 is 0 Å². The second-order valence-electron chi connectivity index (χ2n) is 5.56. The Morgan fingerprint density at radius 1 is 1.24 bits per heavy atom.